The lowest BCUT2D eigenvalue weighted by atomic mass is 10.3. The number of rotatable bonds is 0. The summed E-state index contributed by atoms with van der Waals surface area (Å²) in [6.45, 7) is 0. The molecule has 1 heterocycles. The minimum absolute atomic E-state index is 0.363. The van der Waals surface area contributed by atoms with Crippen molar-refractivity contribution < 1.29 is 0 Å². The van der Waals surface area contributed by atoms with Crippen molar-refractivity contribution in [1.82, 2.24) is 4.98 Å². The Labute approximate surface area is 64.0 Å². The van der Waals surface area contributed by atoms with Gasteiger partial charge >= 0.3 is 0 Å². The van der Waals surface area contributed by atoms with E-state index in [0.29, 0.717) is 16.5 Å². The van der Waals surface area contributed by atoms with Crippen LogP contribution in [-0.2, 0) is 0 Å². The lowest BCUT2D eigenvalue weighted by Crippen LogP contribution is -1.92. The van der Waals surface area contributed by atoms with E-state index in [1.54, 1.807) is 12.1 Å². The Morgan fingerprint density at radius 2 is 2.30 bits per heavy atom. The van der Waals surface area contributed by atoms with E-state index in [9.17, 15) is 0 Å². The molecule has 1 rings (SSSR count). The molecule has 10 heavy (non-hydrogen) atoms. The number of aromatic nitrogens is 1. The Morgan fingerprint density at radius 1 is 1.60 bits per heavy atom. The van der Waals surface area contributed by atoms with Crippen molar-refractivity contribution in [3.63, 3.8) is 0 Å². The highest BCUT2D eigenvalue weighted by atomic mass is 35.5. The lowest BCUT2D eigenvalue weighted by Gasteiger charge is -1.95. The summed E-state index contributed by atoms with van der Waals surface area (Å²) in [6.07, 6.45) is 5.07. The van der Waals surface area contributed by atoms with Gasteiger partial charge in [-0.15, -0.1) is 6.42 Å². The molecule has 0 radical (unpaired) electrons. The summed E-state index contributed by atoms with van der Waals surface area (Å²) in [5, 5.41) is 0.363. The molecule has 0 aliphatic heterocycles. The first kappa shape index (κ1) is 6.91. The van der Waals surface area contributed by atoms with Gasteiger partial charge in [-0.3, -0.25) is 0 Å². The number of hydrogen-bond donors (Lipinski definition) is 1. The van der Waals surface area contributed by atoms with E-state index in [1.807, 2.05) is 0 Å². The van der Waals surface area contributed by atoms with Crippen LogP contribution in [0.4, 0.5) is 5.69 Å². The molecule has 0 unspecified atom stereocenters. The van der Waals surface area contributed by atoms with Crippen LogP contribution >= 0.6 is 11.6 Å². The number of anilines is 1. The van der Waals surface area contributed by atoms with Crippen LogP contribution in [0.25, 0.3) is 0 Å². The van der Waals surface area contributed by atoms with E-state index in [-0.39, 0.29) is 0 Å². The molecule has 0 saturated carbocycles. The lowest BCUT2D eigenvalue weighted by molar-refractivity contribution is 1.29. The van der Waals surface area contributed by atoms with E-state index >= 15 is 0 Å². The zero-order valence-electron chi connectivity index (χ0n) is 5.13. The van der Waals surface area contributed by atoms with E-state index in [0.717, 1.165) is 0 Å². The van der Waals surface area contributed by atoms with Gasteiger partial charge in [-0.05, 0) is 18.1 Å². The van der Waals surface area contributed by atoms with Crippen LogP contribution in [0.15, 0.2) is 12.1 Å². The summed E-state index contributed by atoms with van der Waals surface area (Å²) >= 11 is 5.53. The topological polar surface area (TPSA) is 38.9 Å². The van der Waals surface area contributed by atoms with E-state index < -0.39 is 0 Å². The summed E-state index contributed by atoms with van der Waals surface area (Å²) in [4.78, 5) is 3.80. The molecule has 50 valence electrons. The number of terminal acetylenes is 1. The van der Waals surface area contributed by atoms with Crippen molar-refractivity contribution in [2.75, 3.05) is 5.73 Å². The molecule has 2 nitrogen and oxygen atoms in total. The van der Waals surface area contributed by atoms with Gasteiger partial charge in [0, 0.05) is 0 Å². The summed E-state index contributed by atoms with van der Waals surface area (Å²) in [5.74, 6) is 2.32. The van der Waals surface area contributed by atoms with E-state index in [2.05, 4.69) is 10.9 Å². The normalized spacial score (nSPS) is 8.80. The first-order chi connectivity index (χ1) is 4.74. The van der Waals surface area contributed by atoms with Gasteiger partial charge in [0.2, 0.25) is 0 Å². The molecule has 0 aromatic carbocycles. The van der Waals surface area contributed by atoms with E-state index in [1.165, 1.54) is 0 Å². The van der Waals surface area contributed by atoms with Crippen molar-refractivity contribution in [2.45, 2.75) is 0 Å². The van der Waals surface area contributed by atoms with Crippen LogP contribution in [0.2, 0.25) is 5.15 Å². The second-order valence-electron chi connectivity index (χ2n) is 1.72. The van der Waals surface area contributed by atoms with Crippen LogP contribution in [0, 0.1) is 12.3 Å². The Hall–Kier alpha value is -1.20. The predicted octanol–water partition coefficient (Wildman–Crippen LogP) is 1.30. The fourth-order valence-corrected chi connectivity index (χ4v) is 0.709. The number of hydrogen-bond acceptors (Lipinski definition) is 2. The second kappa shape index (κ2) is 2.59. The molecule has 0 saturated heterocycles. The quantitative estimate of drug-likeness (QED) is 0.450. The highest BCUT2D eigenvalue weighted by Crippen LogP contribution is 2.11. The zero-order valence-corrected chi connectivity index (χ0v) is 5.89. The van der Waals surface area contributed by atoms with Crippen LogP contribution < -0.4 is 5.73 Å². The number of nitrogen functional groups attached to an aromatic ring is 1. The first-order valence-electron chi connectivity index (χ1n) is 2.62. The minimum atomic E-state index is 0.363. The van der Waals surface area contributed by atoms with Crippen molar-refractivity contribution in [3.05, 3.63) is 23.0 Å². The van der Waals surface area contributed by atoms with Crippen LogP contribution in [0.1, 0.15) is 5.69 Å². The largest absolute Gasteiger partial charge is 0.396 e. The molecule has 0 atom stereocenters. The monoisotopic (exact) mass is 152 g/mol. The third kappa shape index (κ3) is 1.20. The van der Waals surface area contributed by atoms with Crippen LogP contribution in [0.3, 0.4) is 0 Å². The molecule has 0 fully saturated rings. The highest BCUT2D eigenvalue weighted by molar-refractivity contribution is 6.29. The molecule has 0 spiro atoms. The van der Waals surface area contributed by atoms with Crippen molar-refractivity contribution in [2.24, 2.45) is 0 Å². The molecular formula is C7H5ClN2. The molecule has 0 aliphatic rings. The molecule has 1 aromatic heterocycles. The van der Waals surface area contributed by atoms with Crippen molar-refractivity contribution in [1.29, 1.82) is 0 Å². The standard InChI is InChI=1S/C7H5ClN2/c1-2-6-5(9)3-4-7(8)10-6/h1,3-4H,9H2. The fourth-order valence-electron chi connectivity index (χ4n) is 0.562. The van der Waals surface area contributed by atoms with Gasteiger partial charge in [0.1, 0.15) is 10.8 Å². The third-order valence-corrected chi connectivity index (χ3v) is 1.24. The van der Waals surface area contributed by atoms with Crippen LogP contribution in [-0.4, -0.2) is 4.98 Å². The molecule has 0 bridgehead atoms. The Morgan fingerprint density at radius 3 is 2.80 bits per heavy atom. The fraction of sp³-hybridized carbons (Fsp3) is 0. The van der Waals surface area contributed by atoms with Crippen molar-refractivity contribution >= 4 is 17.3 Å². The van der Waals surface area contributed by atoms with Gasteiger partial charge in [-0.2, -0.15) is 0 Å². The van der Waals surface area contributed by atoms with Crippen LogP contribution in [0.5, 0.6) is 0 Å². The van der Waals surface area contributed by atoms with Gasteiger partial charge in [0.25, 0.3) is 0 Å². The summed E-state index contributed by atoms with van der Waals surface area (Å²) < 4.78 is 0. The summed E-state index contributed by atoms with van der Waals surface area (Å²) in [6, 6.07) is 3.22. The van der Waals surface area contributed by atoms with E-state index in [4.69, 9.17) is 23.8 Å². The number of nitrogens with two attached hydrogens (primary N) is 1. The predicted molar refractivity (Wildman–Crippen MR) is 41.6 cm³/mol. The van der Waals surface area contributed by atoms with Crippen molar-refractivity contribution in [3.8, 4) is 12.3 Å². The summed E-state index contributed by atoms with van der Waals surface area (Å²) in [5.41, 5.74) is 6.31. The smallest absolute Gasteiger partial charge is 0.137 e. The number of pyridine rings is 1. The SMILES string of the molecule is C#Cc1nc(Cl)ccc1N. The molecular weight excluding hydrogens is 148 g/mol. The van der Waals surface area contributed by atoms with Gasteiger partial charge in [-0.1, -0.05) is 11.6 Å². The molecule has 2 N–H and O–H groups in total. The summed E-state index contributed by atoms with van der Waals surface area (Å²) in [7, 11) is 0. The maximum atomic E-state index is 5.53. The zero-order chi connectivity index (χ0) is 7.56. The van der Waals surface area contributed by atoms with Gasteiger partial charge < -0.3 is 5.73 Å². The Bertz CT molecular complexity index is 288. The molecule has 0 amide bonds. The molecule has 1 aromatic rings. The first-order valence-corrected chi connectivity index (χ1v) is 3.00. The average Bonchev–Trinajstić information content (AvgIpc) is 1.94. The maximum Gasteiger partial charge on any atom is 0.137 e. The third-order valence-electron chi connectivity index (χ3n) is 1.03. The second-order valence-corrected chi connectivity index (χ2v) is 2.10. The van der Waals surface area contributed by atoms with Gasteiger partial charge in [-0.25, -0.2) is 4.98 Å². The number of nitrogens with zero attached hydrogens (tertiary/aromatic N) is 1. The average molecular weight is 153 g/mol. The highest BCUT2D eigenvalue weighted by Gasteiger charge is 1.96. The van der Waals surface area contributed by atoms with Gasteiger partial charge in [0.15, 0.2) is 0 Å². The minimum Gasteiger partial charge on any atom is -0.396 e. The Kier molecular flexibility index (Phi) is 1.79. The number of halogens is 1. The molecule has 0 aliphatic carbocycles. The Balaban J connectivity index is 3.25. The molecule has 3 heteroatoms. The maximum absolute atomic E-state index is 5.53. The van der Waals surface area contributed by atoms with Gasteiger partial charge in [0.05, 0.1) is 5.69 Å².